The number of pyridine rings is 1. The predicted octanol–water partition coefficient (Wildman–Crippen LogP) is 1.86. The summed E-state index contributed by atoms with van der Waals surface area (Å²) in [6.45, 7) is 3.83. The molecular formula is C16H19N3O2. The first-order valence-corrected chi connectivity index (χ1v) is 6.98. The molecule has 0 radical (unpaired) electrons. The summed E-state index contributed by atoms with van der Waals surface area (Å²) in [5.41, 5.74) is 6.60. The average molecular weight is 285 g/mol. The number of para-hydroxylation sites is 1. The molecule has 110 valence electrons. The lowest BCUT2D eigenvalue weighted by atomic mass is 9.98. The third-order valence-electron chi connectivity index (χ3n) is 3.66. The molecule has 2 atom stereocenters. The van der Waals surface area contributed by atoms with E-state index in [0.29, 0.717) is 5.56 Å². The van der Waals surface area contributed by atoms with Crippen LogP contribution >= 0.6 is 0 Å². The third-order valence-corrected chi connectivity index (χ3v) is 3.66. The Hall–Kier alpha value is -2.43. The molecule has 0 fully saturated rings. The molecule has 0 saturated carbocycles. The number of carbonyl (C=O) groups excluding carboxylic acids is 2. The van der Waals surface area contributed by atoms with Crippen LogP contribution in [0.5, 0.6) is 0 Å². The van der Waals surface area contributed by atoms with Gasteiger partial charge >= 0.3 is 0 Å². The second kappa shape index (κ2) is 6.35. The molecule has 2 aromatic rings. The van der Waals surface area contributed by atoms with Gasteiger partial charge in [0.1, 0.15) is 6.04 Å². The monoisotopic (exact) mass is 285 g/mol. The van der Waals surface area contributed by atoms with E-state index in [9.17, 15) is 9.59 Å². The SMILES string of the molecule is CC[C@H](C)[C@H](NC(=O)c1cnc2ccccc2c1)C(N)=O. The maximum atomic E-state index is 12.3. The number of hydrogen-bond donors (Lipinski definition) is 2. The van der Waals surface area contributed by atoms with Crippen molar-refractivity contribution in [3.63, 3.8) is 0 Å². The van der Waals surface area contributed by atoms with Gasteiger partial charge < -0.3 is 11.1 Å². The molecule has 0 aliphatic carbocycles. The summed E-state index contributed by atoms with van der Waals surface area (Å²) in [7, 11) is 0. The van der Waals surface area contributed by atoms with Crippen LogP contribution in [0, 0.1) is 5.92 Å². The van der Waals surface area contributed by atoms with Gasteiger partial charge in [-0.1, -0.05) is 38.5 Å². The highest BCUT2D eigenvalue weighted by Gasteiger charge is 2.24. The van der Waals surface area contributed by atoms with Gasteiger partial charge in [-0.05, 0) is 18.1 Å². The van der Waals surface area contributed by atoms with Gasteiger partial charge in [0.15, 0.2) is 0 Å². The van der Waals surface area contributed by atoms with Gasteiger partial charge in [-0.15, -0.1) is 0 Å². The summed E-state index contributed by atoms with van der Waals surface area (Å²) in [4.78, 5) is 28.0. The lowest BCUT2D eigenvalue weighted by Crippen LogP contribution is -2.48. The summed E-state index contributed by atoms with van der Waals surface area (Å²) < 4.78 is 0. The molecule has 5 nitrogen and oxygen atoms in total. The highest BCUT2D eigenvalue weighted by Crippen LogP contribution is 2.14. The summed E-state index contributed by atoms with van der Waals surface area (Å²) in [6.07, 6.45) is 2.26. The summed E-state index contributed by atoms with van der Waals surface area (Å²) in [6, 6.07) is 8.63. The van der Waals surface area contributed by atoms with Crippen molar-refractivity contribution in [2.24, 2.45) is 11.7 Å². The fourth-order valence-corrected chi connectivity index (χ4v) is 2.15. The van der Waals surface area contributed by atoms with Crippen LogP contribution < -0.4 is 11.1 Å². The highest BCUT2D eigenvalue weighted by atomic mass is 16.2. The quantitative estimate of drug-likeness (QED) is 0.879. The third kappa shape index (κ3) is 3.37. The summed E-state index contributed by atoms with van der Waals surface area (Å²) >= 11 is 0. The van der Waals surface area contributed by atoms with E-state index in [4.69, 9.17) is 5.73 Å². The minimum atomic E-state index is -0.672. The van der Waals surface area contributed by atoms with Crippen molar-refractivity contribution in [3.8, 4) is 0 Å². The maximum Gasteiger partial charge on any atom is 0.253 e. The van der Waals surface area contributed by atoms with Gasteiger partial charge in [0.05, 0.1) is 11.1 Å². The van der Waals surface area contributed by atoms with Crippen LogP contribution in [0.4, 0.5) is 0 Å². The van der Waals surface area contributed by atoms with E-state index in [2.05, 4.69) is 10.3 Å². The molecule has 0 bridgehead atoms. The molecule has 2 amide bonds. The molecule has 1 aromatic carbocycles. The number of primary amides is 1. The van der Waals surface area contributed by atoms with Crippen molar-refractivity contribution >= 4 is 22.7 Å². The summed E-state index contributed by atoms with van der Waals surface area (Å²) in [5, 5.41) is 3.57. The fourth-order valence-electron chi connectivity index (χ4n) is 2.15. The van der Waals surface area contributed by atoms with E-state index in [-0.39, 0.29) is 11.8 Å². The van der Waals surface area contributed by atoms with Crippen LogP contribution in [0.15, 0.2) is 36.5 Å². The van der Waals surface area contributed by atoms with Gasteiger partial charge in [0, 0.05) is 11.6 Å². The molecule has 3 N–H and O–H groups in total. The minimum absolute atomic E-state index is 0.0140. The van der Waals surface area contributed by atoms with Gasteiger partial charge in [0.2, 0.25) is 5.91 Å². The average Bonchev–Trinajstić information content (AvgIpc) is 2.50. The number of fused-ring (bicyclic) bond motifs is 1. The molecule has 0 spiro atoms. The number of nitrogens with zero attached hydrogens (tertiary/aromatic N) is 1. The molecule has 1 aromatic heterocycles. The lowest BCUT2D eigenvalue weighted by molar-refractivity contribution is -0.120. The predicted molar refractivity (Wildman–Crippen MR) is 81.6 cm³/mol. The van der Waals surface area contributed by atoms with E-state index >= 15 is 0 Å². The molecule has 0 aliphatic heterocycles. The number of amides is 2. The number of hydrogen-bond acceptors (Lipinski definition) is 3. The molecule has 1 heterocycles. The highest BCUT2D eigenvalue weighted by molar-refractivity contribution is 5.99. The Bertz CT molecular complexity index is 669. The largest absolute Gasteiger partial charge is 0.368 e. The molecular weight excluding hydrogens is 266 g/mol. The van der Waals surface area contributed by atoms with Crippen LogP contribution in [-0.4, -0.2) is 22.8 Å². The zero-order chi connectivity index (χ0) is 15.4. The maximum absolute atomic E-state index is 12.3. The number of nitrogens with one attached hydrogen (secondary N) is 1. The van der Waals surface area contributed by atoms with Crippen molar-refractivity contribution in [2.45, 2.75) is 26.3 Å². The van der Waals surface area contributed by atoms with E-state index < -0.39 is 11.9 Å². The van der Waals surface area contributed by atoms with E-state index in [1.54, 1.807) is 6.07 Å². The second-order valence-electron chi connectivity index (χ2n) is 5.16. The van der Waals surface area contributed by atoms with Crippen molar-refractivity contribution in [1.82, 2.24) is 10.3 Å². The minimum Gasteiger partial charge on any atom is -0.368 e. The van der Waals surface area contributed by atoms with Crippen LogP contribution in [-0.2, 0) is 4.79 Å². The molecule has 0 unspecified atom stereocenters. The Kier molecular flexibility index (Phi) is 4.52. The van der Waals surface area contributed by atoms with Crippen LogP contribution in [0.1, 0.15) is 30.6 Å². The first kappa shape index (κ1) is 15.0. The Balaban J connectivity index is 2.23. The fraction of sp³-hybridized carbons (Fsp3) is 0.312. The molecule has 0 saturated heterocycles. The Morgan fingerprint density at radius 2 is 2.05 bits per heavy atom. The van der Waals surface area contributed by atoms with Crippen LogP contribution in [0.25, 0.3) is 10.9 Å². The molecule has 21 heavy (non-hydrogen) atoms. The Labute approximate surface area is 123 Å². The van der Waals surface area contributed by atoms with Crippen LogP contribution in [0.3, 0.4) is 0 Å². The van der Waals surface area contributed by atoms with Gasteiger partial charge in [-0.25, -0.2) is 0 Å². The number of carbonyl (C=O) groups is 2. The van der Waals surface area contributed by atoms with E-state index in [1.807, 2.05) is 38.1 Å². The van der Waals surface area contributed by atoms with Gasteiger partial charge in [-0.2, -0.15) is 0 Å². The van der Waals surface area contributed by atoms with E-state index in [1.165, 1.54) is 6.20 Å². The number of benzene rings is 1. The smallest absolute Gasteiger partial charge is 0.253 e. The molecule has 2 rings (SSSR count). The van der Waals surface area contributed by atoms with Crippen molar-refractivity contribution in [3.05, 3.63) is 42.1 Å². The Morgan fingerprint density at radius 1 is 1.33 bits per heavy atom. The topological polar surface area (TPSA) is 85.1 Å². The number of rotatable bonds is 5. The van der Waals surface area contributed by atoms with Gasteiger partial charge in [0.25, 0.3) is 5.91 Å². The zero-order valence-corrected chi connectivity index (χ0v) is 12.2. The van der Waals surface area contributed by atoms with Crippen molar-refractivity contribution in [2.75, 3.05) is 0 Å². The van der Waals surface area contributed by atoms with Gasteiger partial charge in [-0.3, -0.25) is 14.6 Å². The first-order chi connectivity index (χ1) is 10.0. The van der Waals surface area contributed by atoms with Crippen LogP contribution in [0.2, 0.25) is 0 Å². The Morgan fingerprint density at radius 3 is 2.71 bits per heavy atom. The second-order valence-corrected chi connectivity index (χ2v) is 5.16. The number of nitrogens with two attached hydrogens (primary N) is 1. The normalized spacial score (nSPS) is 13.6. The first-order valence-electron chi connectivity index (χ1n) is 6.98. The summed E-state index contributed by atoms with van der Waals surface area (Å²) in [5.74, 6) is -0.872. The van der Waals surface area contributed by atoms with E-state index in [0.717, 1.165) is 17.3 Å². The van der Waals surface area contributed by atoms with Crippen molar-refractivity contribution in [1.29, 1.82) is 0 Å². The lowest BCUT2D eigenvalue weighted by Gasteiger charge is -2.21. The zero-order valence-electron chi connectivity index (χ0n) is 12.2. The number of aromatic nitrogens is 1. The molecule has 5 heteroatoms. The standard InChI is InChI=1S/C16H19N3O2/c1-3-10(2)14(15(17)20)19-16(21)12-8-11-6-4-5-7-13(11)18-9-12/h4-10,14H,3H2,1-2H3,(H2,17,20)(H,19,21)/t10-,14-/m0/s1. The molecule has 0 aliphatic rings. The van der Waals surface area contributed by atoms with Crippen molar-refractivity contribution < 1.29 is 9.59 Å².